The summed E-state index contributed by atoms with van der Waals surface area (Å²) in [4.78, 5) is 24.6. The van der Waals surface area contributed by atoms with Crippen LogP contribution in [-0.2, 0) is 14.3 Å². The summed E-state index contributed by atoms with van der Waals surface area (Å²) in [5.41, 5.74) is 7.03. The second kappa shape index (κ2) is 7.21. The van der Waals surface area contributed by atoms with Crippen molar-refractivity contribution < 1.29 is 19.1 Å². The zero-order valence-corrected chi connectivity index (χ0v) is 16.5. The zero-order chi connectivity index (χ0) is 20.6. The summed E-state index contributed by atoms with van der Waals surface area (Å²) in [6, 6.07) is 7.02. The molecule has 1 heterocycles. The van der Waals surface area contributed by atoms with Gasteiger partial charge in [-0.25, -0.2) is 4.79 Å². The molecule has 0 spiro atoms. The van der Waals surface area contributed by atoms with E-state index in [-0.39, 0.29) is 27.7 Å². The highest BCUT2D eigenvalue weighted by molar-refractivity contribution is 6.34. The molecule has 8 heteroatoms. The molecule has 0 radical (unpaired) electrons. The number of nitrogens with zero attached hydrogens (tertiary/aromatic N) is 1. The second-order valence-electron chi connectivity index (χ2n) is 7.53. The lowest BCUT2D eigenvalue weighted by Crippen LogP contribution is -2.33. The number of ether oxygens (including phenoxy) is 2. The number of nitriles is 1. The van der Waals surface area contributed by atoms with E-state index in [0.717, 1.165) is 0 Å². The van der Waals surface area contributed by atoms with Crippen molar-refractivity contribution in [1.29, 1.82) is 5.26 Å². The third kappa shape index (κ3) is 3.43. The van der Waals surface area contributed by atoms with Crippen molar-refractivity contribution in [1.82, 2.24) is 0 Å². The van der Waals surface area contributed by atoms with E-state index in [1.54, 1.807) is 18.2 Å². The molecule has 1 atom stereocenters. The number of methoxy groups -OCH3 is 1. The molecule has 1 aromatic rings. The second-order valence-corrected chi connectivity index (χ2v) is 7.91. The number of hydrogen-bond acceptors (Lipinski definition) is 6. The average molecular weight is 402 g/mol. The molecule has 146 valence electrons. The van der Waals surface area contributed by atoms with Crippen LogP contribution in [0.1, 0.15) is 38.2 Å². The molecule has 1 aliphatic heterocycles. The first kappa shape index (κ1) is 19.8. The molecule has 1 amide bonds. The molecule has 0 aromatic heterocycles. The third-order valence-corrected chi connectivity index (χ3v) is 5.26. The molecule has 0 saturated carbocycles. The first-order valence-corrected chi connectivity index (χ1v) is 9.03. The van der Waals surface area contributed by atoms with Crippen LogP contribution in [0.2, 0.25) is 5.02 Å². The molecule has 0 saturated heterocycles. The molecular weight excluding hydrogens is 382 g/mol. The largest absolute Gasteiger partial charge is 0.453 e. The van der Waals surface area contributed by atoms with E-state index < -0.39 is 12.0 Å². The van der Waals surface area contributed by atoms with Crippen molar-refractivity contribution >= 4 is 29.2 Å². The number of nitrogens with two attached hydrogens (primary N) is 1. The maximum absolute atomic E-state index is 13.0. The van der Waals surface area contributed by atoms with Gasteiger partial charge in [-0.2, -0.15) is 5.26 Å². The molecule has 1 aliphatic carbocycles. The van der Waals surface area contributed by atoms with Gasteiger partial charge in [0.2, 0.25) is 5.88 Å². The van der Waals surface area contributed by atoms with Gasteiger partial charge in [0.05, 0.1) is 23.7 Å². The van der Waals surface area contributed by atoms with Gasteiger partial charge in [0.1, 0.15) is 17.4 Å². The molecular formula is C20H20ClN3O4. The number of allylic oxidation sites excluding steroid dienone is 3. The Morgan fingerprint density at radius 2 is 2.14 bits per heavy atom. The van der Waals surface area contributed by atoms with Gasteiger partial charge in [-0.05, 0) is 17.0 Å². The number of anilines is 1. The number of carbonyl (C=O) groups is 2. The Morgan fingerprint density at radius 1 is 1.43 bits per heavy atom. The number of nitrogens with one attached hydrogen (secondary N) is 1. The van der Waals surface area contributed by atoms with E-state index in [2.05, 4.69) is 10.1 Å². The van der Waals surface area contributed by atoms with Crippen molar-refractivity contribution in [3.63, 3.8) is 0 Å². The van der Waals surface area contributed by atoms with Gasteiger partial charge in [-0.3, -0.25) is 10.1 Å². The monoisotopic (exact) mass is 401 g/mol. The van der Waals surface area contributed by atoms with Crippen molar-refractivity contribution in [2.24, 2.45) is 11.1 Å². The highest BCUT2D eigenvalue weighted by Crippen LogP contribution is 2.49. The van der Waals surface area contributed by atoms with Crippen LogP contribution in [0.25, 0.3) is 0 Å². The minimum atomic E-state index is -0.760. The van der Waals surface area contributed by atoms with Crippen LogP contribution in [-0.4, -0.2) is 19.0 Å². The summed E-state index contributed by atoms with van der Waals surface area (Å²) in [6.45, 7) is 3.95. The number of carbonyl (C=O) groups excluding carboxylic acids is 2. The van der Waals surface area contributed by atoms with Crippen LogP contribution in [0.3, 0.4) is 0 Å². The van der Waals surface area contributed by atoms with E-state index in [1.807, 2.05) is 19.9 Å². The molecule has 3 rings (SSSR count). The predicted molar refractivity (Wildman–Crippen MR) is 103 cm³/mol. The first-order chi connectivity index (χ1) is 13.2. The standard InChI is InChI=1S/C20H20ClN3O4/c1-20(2)7-13(25)16-14(8-20)28-18(23)11(9-22)15(16)10-5-4-6-12(17(10)21)24-19(26)27-3/h4-6,15H,7-8,23H2,1-3H3,(H,24,26). The zero-order valence-electron chi connectivity index (χ0n) is 15.8. The quantitative estimate of drug-likeness (QED) is 0.774. The Labute approximate surface area is 167 Å². The van der Waals surface area contributed by atoms with Crippen molar-refractivity contribution in [2.75, 3.05) is 12.4 Å². The smallest absolute Gasteiger partial charge is 0.411 e. The topological polar surface area (TPSA) is 114 Å². The molecule has 2 aliphatic rings. The third-order valence-electron chi connectivity index (χ3n) is 4.84. The maximum atomic E-state index is 13.0. The highest BCUT2D eigenvalue weighted by atomic mass is 35.5. The van der Waals surface area contributed by atoms with Gasteiger partial charge < -0.3 is 15.2 Å². The highest BCUT2D eigenvalue weighted by Gasteiger charge is 2.43. The number of ketones is 1. The number of amides is 1. The minimum absolute atomic E-state index is 0.0425. The fraction of sp³-hybridized carbons (Fsp3) is 0.350. The van der Waals surface area contributed by atoms with E-state index >= 15 is 0 Å². The van der Waals surface area contributed by atoms with E-state index in [9.17, 15) is 14.9 Å². The summed E-state index contributed by atoms with van der Waals surface area (Å²) in [5, 5.41) is 12.4. The van der Waals surface area contributed by atoms with Gasteiger partial charge in [0, 0.05) is 18.4 Å². The molecule has 0 bridgehead atoms. The number of halogens is 1. The molecule has 0 fully saturated rings. The maximum Gasteiger partial charge on any atom is 0.411 e. The van der Waals surface area contributed by atoms with Gasteiger partial charge in [-0.15, -0.1) is 0 Å². The average Bonchev–Trinajstić information content (AvgIpc) is 2.61. The molecule has 3 N–H and O–H groups in total. The van der Waals surface area contributed by atoms with Gasteiger partial charge in [0.15, 0.2) is 5.78 Å². The van der Waals surface area contributed by atoms with Crippen molar-refractivity contribution in [2.45, 2.75) is 32.6 Å². The fourth-order valence-corrected chi connectivity index (χ4v) is 3.91. The Balaban J connectivity index is 2.17. The Hall–Kier alpha value is -2.98. The molecule has 28 heavy (non-hydrogen) atoms. The Kier molecular flexibility index (Phi) is 5.09. The van der Waals surface area contributed by atoms with E-state index in [1.165, 1.54) is 7.11 Å². The number of hydrogen-bond donors (Lipinski definition) is 2. The van der Waals surface area contributed by atoms with Crippen LogP contribution < -0.4 is 11.1 Å². The van der Waals surface area contributed by atoms with Gasteiger partial charge in [0.25, 0.3) is 0 Å². The lowest BCUT2D eigenvalue weighted by Gasteiger charge is -2.37. The van der Waals surface area contributed by atoms with Gasteiger partial charge >= 0.3 is 6.09 Å². The van der Waals surface area contributed by atoms with Crippen LogP contribution >= 0.6 is 11.6 Å². The molecule has 1 unspecified atom stereocenters. The predicted octanol–water partition coefficient (Wildman–Crippen LogP) is 3.97. The first-order valence-electron chi connectivity index (χ1n) is 8.65. The molecule has 7 nitrogen and oxygen atoms in total. The van der Waals surface area contributed by atoms with Gasteiger partial charge in [-0.1, -0.05) is 37.6 Å². The fourth-order valence-electron chi connectivity index (χ4n) is 3.63. The SMILES string of the molecule is COC(=O)Nc1cccc(C2C(C#N)=C(N)OC3=C2C(=O)CC(C)(C)C3)c1Cl. The summed E-state index contributed by atoms with van der Waals surface area (Å²) < 4.78 is 10.3. The summed E-state index contributed by atoms with van der Waals surface area (Å²) in [6.07, 6.45) is 0.154. The van der Waals surface area contributed by atoms with E-state index in [4.69, 9.17) is 22.1 Å². The van der Waals surface area contributed by atoms with Crippen LogP contribution in [0.15, 0.2) is 41.0 Å². The lowest BCUT2D eigenvalue weighted by molar-refractivity contribution is -0.119. The number of benzene rings is 1. The summed E-state index contributed by atoms with van der Waals surface area (Å²) >= 11 is 6.53. The van der Waals surface area contributed by atoms with Crippen LogP contribution in [0, 0.1) is 16.7 Å². The van der Waals surface area contributed by atoms with Crippen molar-refractivity contribution in [3.8, 4) is 6.07 Å². The summed E-state index contributed by atoms with van der Waals surface area (Å²) in [5.74, 6) is -0.451. The van der Waals surface area contributed by atoms with Crippen LogP contribution in [0.4, 0.5) is 10.5 Å². The Morgan fingerprint density at radius 3 is 2.79 bits per heavy atom. The normalized spacial score (nSPS) is 20.8. The number of rotatable bonds is 2. The van der Waals surface area contributed by atoms with Crippen molar-refractivity contribution in [3.05, 3.63) is 51.6 Å². The van der Waals surface area contributed by atoms with Crippen LogP contribution in [0.5, 0.6) is 0 Å². The Bertz CT molecular complexity index is 972. The lowest BCUT2D eigenvalue weighted by atomic mass is 9.70. The minimum Gasteiger partial charge on any atom is -0.453 e. The number of Topliss-reactive ketones (excluding diaryl/α,β-unsaturated/α-hetero) is 1. The molecule has 1 aromatic carbocycles. The summed E-state index contributed by atoms with van der Waals surface area (Å²) in [7, 11) is 1.24. The van der Waals surface area contributed by atoms with E-state index in [0.29, 0.717) is 35.4 Å².